The van der Waals surface area contributed by atoms with Crippen molar-refractivity contribution in [3.63, 3.8) is 0 Å². The number of aryl methyl sites for hydroxylation is 1. The Morgan fingerprint density at radius 2 is 2.44 bits per heavy atom. The number of thiophene rings is 1. The molecule has 0 aliphatic rings. The molecule has 1 aromatic rings. The highest BCUT2D eigenvalue weighted by molar-refractivity contribution is 7.09. The van der Waals surface area contributed by atoms with Crippen LogP contribution in [0.3, 0.4) is 0 Å². The van der Waals surface area contributed by atoms with Gasteiger partial charge >= 0.3 is 0 Å². The predicted molar refractivity (Wildman–Crippen MR) is 42.6 cm³/mol. The molecule has 1 aromatic heterocycles. The van der Waals surface area contributed by atoms with E-state index in [1.165, 1.54) is 17.7 Å². The van der Waals surface area contributed by atoms with E-state index in [1.807, 2.05) is 11.3 Å². The summed E-state index contributed by atoms with van der Waals surface area (Å²) >= 11 is 1.84. The Bertz CT molecular complexity index is 142. The largest absolute Gasteiger partial charge is 0.149 e. The zero-order chi connectivity index (χ0) is 6.53. The summed E-state index contributed by atoms with van der Waals surface area (Å²) in [7, 11) is 0. The van der Waals surface area contributed by atoms with Gasteiger partial charge in [-0.05, 0) is 24.3 Å². The summed E-state index contributed by atoms with van der Waals surface area (Å²) in [5.74, 6) is 0. The summed E-state index contributed by atoms with van der Waals surface area (Å²) in [6.07, 6.45) is 3.49. The van der Waals surface area contributed by atoms with Crippen LogP contribution in [-0.2, 0) is 6.42 Å². The maximum atomic E-state index is 3.79. The van der Waals surface area contributed by atoms with Gasteiger partial charge in [-0.25, -0.2) is 0 Å². The van der Waals surface area contributed by atoms with E-state index in [9.17, 15) is 0 Å². The summed E-state index contributed by atoms with van der Waals surface area (Å²) in [5.41, 5.74) is 0. The van der Waals surface area contributed by atoms with Crippen molar-refractivity contribution in [3.8, 4) is 0 Å². The fourth-order valence-electron chi connectivity index (χ4n) is 0.754. The average Bonchev–Trinajstić information content (AvgIpc) is 2.34. The standard InChI is InChI=1S/C8H11S/c1-2-3-5-8-6-4-7-9-8/h4,6-7H,1-3,5H2. The van der Waals surface area contributed by atoms with Crippen LogP contribution in [0.1, 0.15) is 17.7 Å². The van der Waals surface area contributed by atoms with Crippen LogP contribution in [-0.4, -0.2) is 0 Å². The van der Waals surface area contributed by atoms with Crippen LogP contribution in [0.4, 0.5) is 0 Å². The van der Waals surface area contributed by atoms with Crippen molar-refractivity contribution in [2.75, 3.05) is 0 Å². The van der Waals surface area contributed by atoms with Gasteiger partial charge in [-0.15, -0.1) is 11.3 Å². The van der Waals surface area contributed by atoms with Crippen LogP contribution in [0.15, 0.2) is 17.5 Å². The fraction of sp³-hybridized carbons (Fsp3) is 0.375. The molecule has 1 heteroatoms. The number of hydrogen-bond acceptors (Lipinski definition) is 1. The Balaban J connectivity index is 2.30. The van der Waals surface area contributed by atoms with E-state index in [0.29, 0.717) is 0 Å². The summed E-state index contributed by atoms with van der Waals surface area (Å²) in [5, 5.41) is 2.12. The molecule has 0 atom stereocenters. The van der Waals surface area contributed by atoms with E-state index in [2.05, 4.69) is 24.4 Å². The monoisotopic (exact) mass is 139 g/mol. The average molecular weight is 139 g/mol. The van der Waals surface area contributed by atoms with Crippen LogP contribution < -0.4 is 0 Å². The van der Waals surface area contributed by atoms with Gasteiger partial charge in [0.2, 0.25) is 0 Å². The lowest BCUT2D eigenvalue weighted by Crippen LogP contribution is -1.76. The van der Waals surface area contributed by atoms with Gasteiger partial charge in [0.05, 0.1) is 0 Å². The molecule has 0 bridgehead atoms. The fourth-order valence-corrected chi connectivity index (χ4v) is 1.51. The quantitative estimate of drug-likeness (QED) is 0.604. The van der Waals surface area contributed by atoms with Crippen molar-refractivity contribution < 1.29 is 0 Å². The third kappa shape index (κ3) is 2.19. The Morgan fingerprint density at radius 3 is 3.00 bits per heavy atom. The third-order valence-corrected chi connectivity index (χ3v) is 2.19. The molecule has 0 aliphatic carbocycles. The van der Waals surface area contributed by atoms with Crippen molar-refractivity contribution in [3.05, 3.63) is 29.3 Å². The maximum absolute atomic E-state index is 3.79. The first-order valence-electron chi connectivity index (χ1n) is 3.25. The lowest BCUT2D eigenvalue weighted by atomic mass is 10.2. The molecule has 0 unspecified atom stereocenters. The van der Waals surface area contributed by atoms with Crippen molar-refractivity contribution in [2.24, 2.45) is 0 Å². The molecule has 49 valence electrons. The van der Waals surface area contributed by atoms with Gasteiger partial charge in [-0.2, -0.15) is 0 Å². The summed E-state index contributed by atoms with van der Waals surface area (Å²) in [6, 6.07) is 4.28. The lowest BCUT2D eigenvalue weighted by molar-refractivity contribution is 0.853. The Kier molecular flexibility index (Phi) is 2.78. The van der Waals surface area contributed by atoms with E-state index in [4.69, 9.17) is 0 Å². The second-order valence-corrected chi connectivity index (χ2v) is 3.07. The minimum Gasteiger partial charge on any atom is -0.149 e. The molecule has 1 rings (SSSR count). The Hall–Kier alpha value is -0.300. The molecule has 0 saturated carbocycles. The molecule has 1 heterocycles. The van der Waals surface area contributed by atoms with Gasteiger partial charge in [-0.1, -0.05) is 19.4 Å². The zero-order valence-electron chi connectivity index (χ0n) is 5.47. The predicted octanol–water partition coefficient (Wildman–Crippen LogP) is 2.90. The van der Waals surface area contributed by atoms with Crippen molar-refractivity contribution in [1.29, 1.82) is 0 Å². The van der Waals surface area contributed by atoms with Crippen LogP contribution in [0, 0.1) is 6.92 Å². The van der Waals surface area contributed by atoms with Crippen LogP contribution >= 0.6 is 11.3 Å². The normalized spacial score (nSPS) is 9.89. The van der Waals surface area contributed by atoms with Crippen LogP contribution in [0.25, 0.3) is 0 Å². The minimum atomic E-state index is 1.05. The molecule has 9 heavy (non-hydrogen) atoms. The maximum Gasteiger partial charge on any atom is 0.00452 e. The van der Waals surface area contributed by atoms with E-state index in [0.717, 1.165) is 6.42 Å². The van der Waals surface area contributed by atoms with Crippen molar-refractivity contribution in [1.82, 2.24) is 0 Å². The first kappa shape index (κ1) is 6.81. The summed E-state index contributed by atoms with van der Waals surface area (Å²) in [4.78, 5) is 1.48. The molecule has 0 aromatic carbocycles. The van der Waals surface area contributed by atoms with Crippen LogP contribution in [0.5, 0.6) is 0 Å². The summed E-state index contributed by atoms with van der Waals surface area (Å²) in [6.45, 7) is 3.79. The highest BCUT2D eigenvalue weighted by Gasteiger charge is 1.89. The van der Waals surface area contributed by atoms with Gasteiger partial charge in [-0.3, -0.25) is 0 Å². The molecule has 0 N–H and O–H groups in total. The highest BCUT2D eigenvalue weighted by Crippen LogP contribution is 2.11. The second-order valence-electron chi connectivity index (χ2n) is 2.04. The van der Waals surface area contributed by atoms with E-state index >= 15 is 0 Å². The first-order valence-corrected chi connectivity index (χ1v) is 4.13. The second kappa shape index (κ2) is 3.67. The topological polar surface area (TPSA) is 0 Å². The SMILES string of the molecule is [CH2]CCCc1cccs1. The van der Waals surface area contributed by atoms with Gasteiger partial charge in [0.15, 0.2) is 0 Å². The molecule has 0 amide bonds. The van der Waals surface area contributed by atoms with E-state index < -0.39 is 0 Å². The van der Waals surface area contributed by atoms with Crippen LogP contribution in [0.2, 0.25) is 0 Å². The zero-order valence-corrected chi connectivity index (χ0v) is 6.29. The molecule has 1 radical (unpaired) electrons. The minimum absolute atomic E-state index is 1.05. The smallest absolute Gasteiger partial charge is 0.00452 e. The Labute approximate surface area is 60.5 Å². The first-order chi connectivity index (χ1) is 4.43. The number of unbranched alkanes of at least 4 members (excludes halogenated alkanes) is 1. The third-order valence-electron chi connectivity index (χ3n) is 1.25. The molecular formula is C8H11S. The molecule has 0 fully saturated rings. The Morgan fingerprint density at radius 1 is 1.56 bits per heavy atom. The van der Waals surface area contributed by atoms with Crippen molar-refractivity contribution in [2.45, 2.75) is 19.3 Å². The van der Waals surface area contributed by atoms with E-state index in [-0.39, 0.29) is 0 Å². The number of hydrogen-bond donors (Lipinski definition) is 0. The molecular weight excluding hydrogens is 128 g/mol. The molecule has 0 saturated heterocycles. The van der Waals surface area contributed by atoms with Gasteiger partial charge in [0.25, 0.3) is 0 Å². The van der Waals surface area contributed by atoms with Crippen molar-refractivity contribution >= 4 is 11.3 Å². The molecule has 0 nitrogen and oxygen atoms in total. The van der Waals surface area contributed by atoms with E-state index in [1.54, 1.807) is 0 Å². The lowest BCUT2D eigenvalue weighted by Gasteiger charge is -1.90. The van der Waals surface area contributed by atoms with Gasteiger partial charge in [0.1, 0.15) is 0 Å². The summed E-state index contributed by atoms with van der Waals surface area (Å²) < 4.78 is 0. The van der Waals surface area contributed by atoms with Gasteiger partial charge in [0, 0.05) is 4.88 Å². The molecule has 0 spiro atoms. The molecule has 0 aliphatic heterocycles. The number of rotatable bonds is 3. The highest BCUT2D eigenvalue weighted by atomic mass is 32.1. The van der Waals surface area contributed by atoms with Gasteiger partial charge < -0.3 is 0 Å².